The van der Waals surface area contributed by atoms with Crippen molar-refractivity contribution < 1.29 is 13.9 Å². The highest BCUT2D eigenvalue weighted by Gasteiger charge is 2.15. The molecule has 0 aliphatic heterocycles. The van der Waals surface area contributed by atoms with Crippen molar-refractivity contribution >= 4 is 5.91 Å². The third kappa shape index (κ3) is 4.93. The third-order valence-corrected chi connectivity index (χ3v) is 3.56. The van der Waals surface area contributed by atoms with Gasteiger partial charge in [0.05, 0.1) is 19.7 Å². The predicted molar refractivity (Wildman–Crippen MR) is 92.4 cm³/mol. The van der Waals surface area contributed by atoms with Crippen molar-refractivity contribution in [2.45, 2.75) is 6.04 Å². The van der Waals surface area contributed by atoms with Crippen LogP contribution in [0.1, 0.15) is 17.2 Å². The van der Waals surface area contributed by atoms with Crippen LogP contribution in [0.5, 0.6) is 5.75 Å². The molecule has 2 aromatic carbocycles. The van der Waals surface area contributed by atoms with Gasteiger partial charge in [0.1, 0.15) is 11.6 Å². The SMILES string of the molecule is C=CCNC(=O)CN[C@@H](c1ccc(F)cc1)c1ccc(OC)cc1. The Bertz CT molecular complexity index is 669. The van der Waals surface area contributed by atoms with Crippen LogP contribution in [0, 0.1) is 5.82 Å². The number of nitrogens with one attached hydrogen (secondary N) is 2. The lowest BCUT2D eigenvalue weighted by Gasteiger charge is -2.20. The lowest BCUT2D eigenvalue weighted by molar-refractivity contribution is -0.120. The van der Waals surface area contributed by atoms with Crippen molar-refractivity contribution in [2.75, 3.05) is 20.2 Å². The Kier molecular flexibility index (Phi) is 6.51. The first kappa shape index (κ1) is 17.7. The Labute approximate surface area is 141 Å². The molecule has 4 nitrogen and oxygen atoms in total. The largest absolute Gasteiger partial charge is 0.497 e. The van der Waals surface area contributed by atoms with Gasteiger partial charge in [-0.25, -0.2) is 4.39 Å². The fraction of sp³-hybridized carbons (Fsp3) is 0.211. The van der Waals surface area contributed by atoms with Gasteiger partial charge in [-0.2, -0.15) is 0 Å². The Hall–Kier alpha value is -2.66. The van der Waals surface area contributed by atoms with Crippen molar-refractivity contribution in [3.63, 3.8) is 0 Å². The molecule has 5 heteroatoms. The number of amides is 1. The molecule has 0 unspecified atom stereocenters. The number of carbonyl (C=O) groups excluding carboxylic acids is 1. The van der Waals surface area contributed by atoms with Crippen molar-refractivity contribution in [1.29, 1.82) is 0 Å². The lowest BCUT2D eigenvalue weighted by Crippen LogP contribution is -2.36. The molecular formula is C19H21FN2O2. The number of hydrogen-bond acceptors (Lipinski definition) is 3. The van der Waals surface area contributed by atoms with E-state index >= 15 is 0 Å². The number of methoxy groups -OCH3 is 1. The first-order chi connectivity index (χ1) is 11.6. The first-order valence-electron chi connectivity index (χ1n) is 7.64. The molecule has 0 bridgehead atoms. The van der Waals surface area contributed by atoms with E-state index in [-0.39, 0.29) is 24.3 Å². The zero-order valence-corrected chi connectivity index (χ0v) is 13.6. The molecule has 2 N–H and O–H groups in total. The number of benzene rings is 2. The molecule has 1 amide bonds. The monoisotopic (exact) mass is 328 g/mol. The number of ether oxygens (including phenoxy) is 1. The van der Waals surface area contributed by atoms with Crippen LogP contribution in [0.3, 0.4) is 0 Å². The van der Waals surface area contributed by atoms with Crippen LogP contribution in [0.15, 0.2) is 61.2 Å². The summed E-state index contributed by atoms with van der Waals surface area (Å²) < 4.78 is 18.4. The maximum Gasteiger partial charge on any atom is 0.234 e. The van der Waals surface area contributed by atoms with Crippen LogP contribution in [0.4, 0.5) is 4.39 Å². The Morgan fingerprint density at radius 1 is 1.17 bits per heavy atom. The second-order valence-electron chi connectivity index (χ2n) is 5.23. The summed E-state index contributed by atoms with van der Waals surface area (Å²) in [6.45, 7) is 4.13. The molecule has 0 fully saturated rings. The minimum Gasteiger partial charge on any atom is -0.497 e. The fourth-order valence-electron chi connectivity index (χ4n) is 2.32. The average molecular weight is 328 g/mol. The van der Waals surface area contributed by atoms with E-state index in [9.17, 15) is 9.18 Å². The van der Waals surface area contributed by atoms with Crippen molar-refractivity contribution in [3.8, 4) is 5.75 Å². The van der Waals surface area contributed by atoms with E-state index in [0.717, 1.165) is 16.9 Å². The van der Waals surface area contributed by atoms with Crippen LogP contribution in [0.2, 0.25) is 0 Å². The van der Waals surface area contributed by atoms with Gasteiger partial charge in [0.25, 0.3) is 0 Å². The Balaban J connectivity index is 2.18. The highest BCUT2D eigenvalue weighted by atomic mass is 19.1. The summed E-state index contributed by atoms with van der Waals surface area (Å²) in [6, 6.07) is 13.5. The molecule has 0 saturated heterocycles. The van der Waals surface area contributed by atoms with Crippen LogP contribution < -0.4 is 15.4 Å². The normalized spacial score (nSPS) is 11.6. The standard InChI is InChI=1S/C19H21FN2O2/c1-3-12-21-18(23)13-22-19(14-4-8-16(20)9-5-14)15-6-10-17(24-2)11-7-15/h3-11,19,22H,1,12-13H2,2H3,(H,21,23)/t19-/m0/s1. The van der Waals surface area contributed by atoms with Crippen LogP contribution >= 0.6 is 0 Å². The molecule has 126 valence electrons. The van der Waals surface area contributed by atoms with Crippen LogP contribution in [-0.2, 0) is 4.79 Å². The van der Waals surface area contributed by atoms with Crippen LogP contribution in [0.25, 0.3) is 0 Å². The van der Waals surface area contributed by atoms with Gasteiger partial charge in [-0.3, -0.25) is 10.1 Å². The zero-order valence-electron chi connectivity index (χ0n) is 13.6. The average Bonchev–Trinajstić information content (AvgIpc) is 2.62. The molecule has 0 spiro atoms. The van der Waals surface area contributed by atoms with E-state index in [4.69, 9.17) is 4.74 Å². The van der Waals surface area contributed by atoms with Crippen molar-refractivity contribution in [3.05, 3.63) is 78.1 Å². The van der Waals surface area contributed by atoms with Crippen LogP contribution in [-0.4, -0.2) is 26.1 Å². The maximum absolute atomic E-state index is 13.2. The molecule has 0 aromatic heterocycles. The summed E-state index contributed by atoms with van der Waals surface area (Å²) in [5, 5.41) is 5.93. The van der Waals surface area contributed by atoms with Gasteiger partial charge in [-0.15, -0.1) is 6.58 Å². The topological polar surface area (TPSA) is 50.4 Å². The summed E-state index contributed by atoms with van der Waals surface area (Å²) in [5.41, 5.74) is 1.83. The predicted octanol–water partition coefficient (Wildman–Crippen LogP) is 2.82. The quantitative estimate of drug-likeness (QED) is 0.733. The van der Waals surface area contributed by atoms with E-state index in [1.807, 2.05) is 24.3 Å². The molecule has 0 aliphatic carbocycles. The van der Waals surface area contributed by atoms with Gasteiger partial charge in [0.2, 0.25) is 5.91 Å². The maximum atomic E-state index is 13.2. The zero-order chi connectivity index (χ0) is 17.4. The summed E-state index contributed by atoms with van der Waals surface area (Å²) in [6.07, 6.45) is 1.62. The number of hydrogen-bond donors (Lipinski definition) is 2. The molecular weight excluding hydrogens is 307 g/mol. The molecule has 2 rings (SSSR count). The first-order valence-corrected chi connectivity index (χ1v) is 7.64. The van der Waals surface area contributed by atoms with Gasteiger partial charge in [0.15, 0.2) is 0 Å². The summed E-state index contributed by atoms with van der Waals surface area (Å²) in [5.74, 6) is 0.326. The smallest absolute Gasteiger partial charge is 0.234 e. The third-order valence-electron chi connectivity index (χ3n) is 3.56. The van der Waals surface area contributed by atoms with E-state index in [1.54, 1.807) is 25.3 Å². The highest BCUT2D eigenvalue weighted by Crippen LogP contribution is 2.24. The Morgan fingerprint density at radius 2 is 1.75 bits per heavy atom. The summed E-state index contributed by atoms with van der Waals surface area (Å²) in [4.78, 5) is 11.8. The minimum atomic E-state index is -0.295. The van der Waals surface area contributed by atoms with Gasteiger partial charge < -0.3 is 10.1 Å². The minimum absolute atomic E-state index is 0.129. The van der Waals surface area contributed by atoms with Crippen molar-refractivity contribution in [1.82, 2.24) is 10.6 Å². The van der Waals surface area contributed by atoms with E-state index < -0.39 is 0 Å². The fourth-order valence-corrected chi connectivity index (χ4v) is 2.32. The molecule has 0 heterocycles. The number of carbonyl (C=O) groups is 1. The second kappa shape index (κ2) is 8.84. The van der Waals surface area contributed by atoms with Gasteiger partial charge >= 0.3 is 0 Å². The van der Waals surface area contributed by atoms with E-state index in [2.05, 4.69) is 17.2 Å². The second-order valence-corrected chi connectivity index (χ2v) is 5.23. The van der Waals surface area contributed by atoms with Gasteiger partial charge in [-0.1, -0.05) is 30.3 Å². The van der Waals surface area contributed by atoms with Gasteiger partial charge in [0, 0.05) is 6.54 Å². The molecule has 0 saturated carbocycles. The highest BCUT2D eigenvalue weighted by molar-refractivity contribution is 5.78. The van der Waals surface area contributed by atoms with E-state index in [0.29, 0.717) is 6.54 Å². The molecule has 0 radical (unpaired) electrons. The summed E-state index contributed by atoms with van der Waals surface area (Å²) in [7, 11) is 1.61. The number of rotatable bonds is 8. The summed E-state index contributed by atoms with van der Waals surface area (Å²) >= 11 is 0. The molecule has 24 heavy (non-hydrogen) atoms. The lowest BCUT2D eigenvalue weighted by atomic mass is 9.98. The molecule has 2 aromatic rings. The van der Waals surface area contributed by atoms with Crippen molar-refractivity contribution in [2.24, 2.45) is 0 Å². The number of halogens is 1. The van der Waals surface area contributed by atoms with Gasteiger partial charge in [-0.05, 0) is 35.4 Å². The molecule has 1 atom stereocenters. The molecule has 0 aliphatic rings. The Morgan fingerprint density at radius 3 is 2.29 bits per heavy atom. The van der Waals surface area contributed by atoms with E-state index in [1.165, 1.54) is 12.1 Å².